The van der Waals surface area contributed by atoms with E-state index in [4.69, 9.17) is 4.98 Å². The second-order valence-electron chi connectivity index (χ2n) is 5.23. The summed E-state index contributed by atoms with van der Waals surface area (Å²) in [5.74, 6) is 2.34. The van der Waals surface area contributed by atoms with Gasteiger partial charge in [-0.15, -0.1) is 0 Å². The molecular weight excluding hydrogens is 250 g/mol. The van der Waals surface area contributed by atoms with E-state index in [2.05, 4.69) is 35.3 Å². The van der Waals surface area contributed by atoms with Crippen LogP contribution in [0, 0.1) is 0 Å². The van der Waals surface area contributed by atoms with Crippen LogP contribution in [-0.2, 0) is 6.54 Å². The van der Waals surface area contributed by atoms with Gasteiger partial charge in [-0.3, -0.25) is 4.68 Å². The van der Waals surface area contributed by atoms with Crippen LogP contribution < -0.4 is 5.32 Å². The van der Waals surface area contributed by atoms with Crippen LogP contribution in [0.4, 0.5) is 5.82 Å². The van der Waals surface area contributed by atoms with E-state index in [1.54, 1.807) is 0 Å². The van der Waals surface area contributed by atoms with Crippen molar-refractivity contribution in [2.45, 2.75) is 45.6 Å². The second kappa shape index (κ2) is 5.61. The van der Waals surface area contributed by atoms with Gasteiger partial charge in [0.1, 0.15) is 11.5 Å². The normalized spacial score (nSPS) is 14.5. The average Bonchev–Trinajstić information content (AvgIpc) is 3.22. The molecule has 3 rings (SSSR count). The van der Waals surface area contributed by atoms with Crippen molar-refractivity contribution in [2.75, 3.05) is 11.9 Å². The van der Waals surface area contributed by atoms with Gasteiger partial charge in [0.15, 0.2) is 5.82 Å². The standard InChI is InChI=1S/C15H21N5/c1-3-8-16-14-10-12(11-5-6-11)18-15(19-14)13-7-9-17-20(13)4-2/h7,9-11H,3-6,8H2,1-2H3,(H,16,18,19). The molecule has 0 saturated heterocycles. The Hall–Kier alpha value is -1.91. The highest BCUT2D eigenvalue weighted by atomic mass is 15.3. The Morgan fingerprint density at radius 2 is 2.15 bits per heavy atom. The highest BCUT2D eigenvalue weighted by Gasteiger charge is 2.26. The van der Waals surface area contributed by atoms with E-state index in [1.165, 1.54) is 12.8 Å². The Labute approximate surface area is 119 Å². The third-order valence-corrected chi connectivity index (χ3v) is 3.54. The van der Waals surface area contributed by atoms with E-state index in [1.807, 2.05) is 16.9 Å². The summed E-state index contributed by atoms with van der Waals surface area (Å²) >= 11 is 0. The molecule has 1 N–H and O–H groups in total. The summed E-state index contributed by atoms with van der Waals surface area (Å²) in [6.07, 6.45) is 5.39. The van der Waals surface area contributed by atoms with Crippen molar-refractivity contribution in [1.29, 1.82) is 0 Å². The highest BCUT2D eigenvalue weighted by molar-refractivity contribution is 5.54. The zero-order chi connectivity index (χ0) is 13.9. The highest BCUT2D eigenvalue weighted by Crippen LogP contribution is 2.40. The van der Waals surface area contributed by atoms with E-state index >= 15 is 0 Å². The number of hydrogen-bond donors (Lipinski definition) is 1. The molecule has 0 amide bonds. The van der Waals surface area contributed by atoms with Crippen LogP contribution in [0.2, 0.25) is 0 Å². The summed E-state index contributed by atoms with van der Waals surface area (Å²) in [5, 5.41) is 7.69. The van der Waals surface area contributed by atoms with Crippen LogP contribution in [0.1, 0.15) is 44.7 Å². The fourth-order valence-electron chi connectivity index (χ4n) is 2.29. The maximum absolute atomic E-state index is 4.74. The molecule has 2 aromatic rings. The first kappa shape index (κ1) is 13.1. The SMILES string of the molecule is CCCNc1cc(C2CC2)nc(-c2ccnn2CC)n1. The fraction of sp³-hybridized carbons (Fsp3) is 0.533. The molecule has 0 spiro atoms. The van der Waals surface area contributed by atoms with Gasteiger partial charge in [0.2, 0.25) is 0 Å². The number of anilines is 1. The van der Waals surface area contributed by atoms with E-state index in [0.717, 1.165) is 42.5 Å². The number of aryl methyl sites for hydroxylation is 1. The molecule has 1 aliphatic rings. The third kappa shape index (κ3) is 2.66. The van der Waals surface area contributed by atoms with Crippen molar-refractivity contribution >= 4 is 5.82 Å². The average molecular weight is 271 g/mol. The van der Waals surface area contributed by atoms with Gasteiger partial charge in [-0.2, -0.15) is 5.10 Å². The van der Waals surface area contributed by atoms with Crippen LogP contribution in [-0.4, -0.2) is 26.3 Å². The number of aromatic nitrogens is 4. The summed E-state index contributed by atoms with van der Waals surface area (Å²) < 4.78 is 1.94. The molecule has 5 nitrogen and oxygen atoms in total. The quantitative estimate of drug-likeness (QED) is 0.877. The third-order valence-electron chi connectivity index (χ3n) is 3.54. The molecule has 0 aromatic carbocycles. The van der Waals surface area contributed by atoms with Crippen LogP contribution in [0.15, 0.2) is 18.3 Å². The maximum Gasteiger partial charge on any atom is 0.180 e. The minimum atomic E-state index is 0.622. The Kier molecular flexibility index (Phi) is 3.67. The predicted molar refractivity (Wildman–Crippen MR) is 79.7 cm³/mol. The Morgan fingerprint density at radius 3 is 2.85 bits per heavy atom. The lowest BCUT2D eigenvalue weighted by Gasteiger charge is -2.10. The first-order valence-corrected chi connectivity index (χ1v) is 7.46. The Balaban J connectivity index is 1.98. The summed E-state index contributed by atoms with van der Waals surface area (Å²) in [6.45, 7) is 6.01. The summed E-state index contributed by atoms with van der Waals surface area (Å²) in [4.78, 5) is 9.39. The van der Waals surface area contributed by atoms with E-state index in [0.29, 0.717) is 5.92 Å². The van der Waals surface area contributed by atoms with Gasteiger partial charge < -0.3 is 5.32 Å². The number of hydrogen-bond acceptors (Lipinski definition) is 4. The molecule has 0 bridgehead atoms. The number of nitrogens with one attached hydrogen (secondary N) is 1. The molecule has 0 aliphatic heterocycles. The molecule has 106 valence electrons. The summed E-state index contributed by atoms with van der Waals surface area (Å²) in [6, 6.07) is 4.09. The maximum atomic E-state index is 4.74. The monoisotopic (exact) mass is 271 g/mol. The van der Waals surface area contributed by atoms with Crippen molar-refractivity contribution in [3.8, 4) is 11.5 Å². The van der Waals surface area contributed by atoms with Crippen molar-refractivity contribution in [3.63, 3.8) is 0 Å². The molecule has 1 fully saturated rings. The molecule has 0 radical (unpaired) electrons. The lowest BCUT2D eigenvalue weighted by atomic mass is 10.2. The van der Waals surface area contributed by atoms with Gasteiger partial charge in [-0.1, -0.05) is 6.92 Å². The fourth-order valence-corrected chi connectivity index (χ4v) is 2.29. The van der Waals surface area contributed by atoms with Crippen LogP contribution in [0.3, 0.4) is 0 Å². The van der Waals surface area contributed by atoms with E-state index in [-0.39, 0.29) is 0 Å². The van der Waals surface area contributed by atoms with Gasteiger partial charge in [0.25, 0.3) is 0 Å². The van der Waals surface area contributed by atoms with Crippen molar-refractivity contribution < 1.29 is 0 Å². The first-order valence-electron chi connectivity index (χ1n) is 7.46. The van der Waals surface area contributed by atoms with Crippen LogP contribution >= 0.6 is 0 Å². The topological polar surface area (TPSA) is 55.6 Å². The molecule has 2 heterocycles. The van der Waals surface area contributed by atoms with Gasteiger partial charge in [-0.05, 0) is 32.3 Å². The number of nitrogens with zero attached hydrogens (tertiary/aromatic N) is 4. The van der Waals surface area contributed by atoms with E-state index in [9.17, 15) is 0 Å². The second-order valence-corrected chi connectivity index (χ2v) is 5.23. The molecule has 20 heavy (non-hydrogen) atoms. The Bertz CT molecular complexity index is 586. The van der Waals surface area contributed by atoms with Gasteiger partial charge in [0.05, 0.1) is 0 Å². The van der Waals surface area contributed by atoms with Crippen molar-refractivity contribution in [3.05, 3.63) is 24.0 Å². The minimum absolute atomic E-state index is 0.622. The molecular formula is C15H21N5. The zero-order valence-electron chi connectivity index (χ0n) is 12.1. The molecule has 2 aromatic heterocycles. The lowest BCUT2D eigenvalue weighted by Crippen LogP contribution is -2.07. The lowest BCUT2D eigenvalue weighted by molar-refractivity contribution is 0.663. The van der Waals surface area contributed by atoms with Crippen LogP contribution in [0.25, 0.3) is 11.5 Å². The van der Waals surface area contributed by atoms with Crippen molar-refractivity contribution in [1.82, 2.24) is 19.7 Å². The molecule has 1 aliphatic carbocycles. The Morgan fingerprint density at radius 1 is 1.30 bits per heavy atom. The van der Waals surface area contributed by atoms with Gasteiger partial charge >= 0.3 is 0 Å². The van der Waals surface area contributed by atoms with Gasteiger partial charge in [-0.25, -0.2) is 9.97 Å². The smallest absolute Gasteiger partial charge is 0.180 e. The zero-order valence-corrected chi connectivity index (χ0v) is 12.1. The molecule has 0 atom stereocenters. The number of rotatable bonds is 6. The molecule has 5 heteroatoms. The first-order chi connectivity index (χ1) is 9.81. The predicted octanol–water partition coefficient (Wildman–Crippen LogP) is 3.06. The van der Waals surface area contributed by atoms with E-state index < -0.39 is 0 Å². The molecule has 0 unspecified atom stereocenters. The van der Waals surface area contributed by atoms with Gasteiger partial charge in [0, 0.05) is 37.0 Å². The summed E-state index contributed by atoms with van der Waals surface area (Å²) in [5.41, 5.74) is 2.16. The molecule has 1 saturated carbocycles. The van der Waals surface area contributed by atoms with Crippen molar-refractivity contribution in [2.24, 2.45) is 0 Å². The van der Waals surface area contributed by atoms with Crippen LogP contribution in [0.5, 0.6) is 0 Å². The largest absolute Gasteiger partial charge is 0.370 e. The minimum Gasteiger partial charge on any atom is -0.370 e. The summed E-state index contributed by atoms with van der Waals surface area (Å²) in [7, 11) is 0.